The largest absolute Gasteiger partial charge is 0.495 e. The molecule has 5 nitrogen and oxygen atoms in total. The van der Waals surface area contributed by atoms with E-state index in [-0.39, 0.29) is 30.6 Å². The van der Waals surface area contributed by atoms with Crippen molar-refractivity contribution in [3.05, 3.63) is 53.3 Å². The van der Waals surface area contributed by atoms with Crippen molar-refractivity contribution in [2.24, 2.45) is 5.92 Å². The third-order valence-corrected chi connectivity index (χ3v) is 4.27. The summed E-state index contributed by atoms with van der Waals surface area (Å²) in [4.78, 5) is 26.3. The van der Waals surface area contributed by atoms with Gasteiger partial charge in [0.1, 0.15) is 11.6 Å². The molecule has 1 saturated heterocycles. The maximum absolute atomic E-state index is 12.9. The SMILES string of the molecule is COc1ccc(Cl)cc1N1C[C@@H](C(=O)Nc2ccc(F)cc2)CC1=O. The molecule has 130 valence electrons. The quantitative estimate of drug-likeness (QED) is 0.905. The minimum Gasteiger partial charge on any atom is -0.495 e. The number of hydrogen-bond acceptors (Lipinski definition) is 3. The van der Waals surface area contributed by atoms with Crippen LogP contribution in [0, 0.1) is 11.7 Å². The minimum atomic E-state index is -0.513. The lowest BCUT2D eigenvalue weighted by Gasteiger charge is -2.19. The Morgan fingerprint density at radius 1 is 1.28 bits per heavy atom. The van der Waals surface area contributed by atoms with Gasteiger partial charge in [-0.25, -0.2) is 4.39 Å². The molecule has 1 atom stereocenters. The normalized spacial score (nSPS) is 16.8. The molecule has 1 fully saturated rings. The van der Waals surface area contributed by atoms with Gasteiger partial charge in [-0.05, 0) is 42.5 Å². The maximum Gasteiger partial charge on any atom is 0.229 e. The van der Waals surface area contributed by atoms with Crippen LogP contribution in [0.5, 0.6) is 5.75 Å². The third-order valence-electron chi connectivity index (χ3n) is 4.04. The maximum atomic E-state index is 12.9. The van der Waals surface area contributed by atoms with Crippen molar-refractivity contribution in [2.45, 2.75) is 6.42 Å². The summed E-state index contributed by atoms with van der Waals surface area (Å²) in [5.74, 6) is -0.852. The van der Waals surface area contributed by atoms with Crippen molar-refractivity contribution in [3.63, 3.8) is 0 Å². The zero-order chi connectivity index (χ0) is 18.0. The van der Waals surface area contributed by atoms with E-state index in [1.54, 1.807) is 18.2 Å². The van der Waals surface area contributed by atoms with Crippen molar-refractivity contribution in [1.29, 1.82) is 0 Å². The molecule has 2 aromatic rings. The highest BCUT2D eigenvalue weighted by Gasteiger charge is 2.36. The molecule has 0 bridgehead atoms. The van der Waals surface area contributed by atoms with Crippen LogP contribution in [0.15, 0.2) is 42.5 Å². The van der Waals surface area contributed by atoms with Crippen LogP contribution in [0.1, 0.15) is 6.42 Å². The number of halogens is 2. The van der Waals surface area contributed by atoms with Gasteiger partial charge in [-0.2, -0.15) is 0 Å². The Labute approximate surface area is 149 Å². The lowest BCUT2D eigenvalue weighted by Crippen LogP contribution is -2.28. The van der Waals surface area contributed by atoms with Gasteiger partial charge in [-0.15, -0.1) is 0 Å². The molecular formula is C18H16ClFN2O3. The van der Waals surface area contributed by atoms with Gasteiger partial charge >= 0.3 is 0 Å². The molecule has 2 amide bonds. The van der Waals surface area contributed by atoms with Crippen molar-refractivity contribution in [3.8, 4) is 5.75 Å². The van der Waals surface area contributed by atoms with Crippen molar-refractivity contribution >= 4 is 34.8 Å². The number of carbonyl (C=O) groups is 2. The van der Waals surface area contributed by atoms with Crippen LogP contribution in [0.3, 0.4) is 0 Å². The number of nitrogens with zero attached hydrogens (tertiary/aromatic N) is 1. The van der Waals surface area contributed by atoms with E-state index in [2.05, 4.69) is 5.32 Å². The zero-order valence-corrected chi connectivity index (χ0v) is 14.2. The summed E-state index contributed by atoms with van der Waals surface area (Å²) in [6.45, 7) is 0.225. The standard InChI is InChI=1S/C18H16ClFN2O3/c1-25-16-7-2-12(19)9-15(16)22-10-11(8-17(22)23)18(24)21-14-5-3-13(20)4-6-14/h2-7,9,11H,8,10H2,1H3,(H,21,24)/t11-/m0/s1. The Bertz CT molecular complexity index is 810. The van der Waals surface area contributed by atoms with Crippen LogP contribution in [0.2, 0.25) is 5.02 Å². The molecule has 2 aromatic carbocycles. The Morgan fingerprint density at radius 3 is 2.68 bits per heavy atom. The van der Waals surface area contributed by atoms with Gasteiger partial charge in [0.05, 0.1) is 18.7 Å². The first kappa shape index (κ1) is 17.2. The molecule has 0 unspecified atom stereocenters. The van der Waals surface area contributed by atoms with E-state index in [9.17, 15) is 14.0 Å². The summed E-state index contributed by atoms with van der Waals surface area (Å²) < 4.78 is 18.2. The van der Waals surface area contributed by atoms with Crippen LogP contribution in [-0.2, 0) is 9.59 Å². The van der Waals surface area contributed by atoms with Crippen molar-refractivity contribution < 1.29 is 18.7 Å². The first-order valence-electron chi connectivity index (χ1n) is 7.68. The summed E-state index contributed by atoms with van der Waals surface area (Å²) in [7, 11) is 1.51. The first-order valence-corrected chi connectivity index (χ1v) is 8.06. The van der Waals surface area contributed by atoms with Gasteiger partial charge in [0.25, 0.3) is 0 Å². The Morgan fingerprint density at radius 2 is 2.00 bits per heavy atom. The van der Waals surface area contributed by atoms with Gasteiger partial charge in [-0.3, -0.25) is 9.59 Å². The molecule has 3 rings (SSSR count). The summed E-state index contributed by atoms with van der Waals surface area (Å²) in [5, 5.41) is 3.18. The Hall–Kier alpha value is -2.60. The van der Waals surface area contributed by atoms with E-state index in [0.717, 1.165) is 0 Å². The smallest absolute Gasteiger partial charge is 0.229 e. The van der Waals surface area contributed by atoms with Gasteiger partial charge in [0.2, 0.25) is 11.8 Å². The van der Waals surface area contributed by atoms with Crippen LogP contribution >= 0.6 is 11.6 Å². The van der Waals surface area contributed by atoms with Crippen LogP contribution in [0.4, 0.5) is 15.8 Å². The number of rotatable bonds is 4. The number of carbonyl (C=O) groups excluding carboxylic acids is 2. The highest BCUT2D eigenvalue weighted by atomic mass is 35.5. The van der Waals surface area contributed by atoms with E-state index in [1.807, 2.05) is 0 Å². The molecule has 7 heteroatoms. The Balaban J connectivity index is 1.75. The van der Waals surface area contributed by atoms with Crippen molar-refractivity contribution in [1.82, 2.24) is 0 Å². The van der Waals surface area contributed by atoms with E-state index in [4.69, 9.17) is 16.3 Å². The first-order chi connectivity index (χ1) is 12.0. The second kappa shape index (κ2) is 7.11. The van der Waals surface area contributed by atoms with Crippen LogP contribution < -0.4 is 15.0 Å². The molecule has 1 N–H and O–H groups in total. The fraction of sp³-hybridized carbons (Fsp3) is 0.222. The van der Waals surface area contributed by atoms with Gasteiger partial charge in [0.15, 0.2) is 0 Å². The molecular weight excluding hydrogens is 347 g/mol. The number of methoxy groups -OCH3 is 1. The lowest BCUT2D eigenvalue weighted by atomic mass is 10.1. The van der Waals surface area contributed by atoms with E-state index in [1.165, 1.54) is 36.3 Å². The monoisotopic (exact) mass is 362 g/mol. The summed E-state index contributed by atoms with van der Waals surface area (Å²) in [6, 6.07) is 10.5. The van der Waals surface area contributed by atoms with E-state index < -0.39 is 5.92 Å². The summed E-state index contributed by atoms with van der Waals surface area (Å²) >= 11 is 6.02. The highest BCUT2D eigenvalue weighted by Crippen LogP contribution is 2.35. The predicted molar refractivity (Wildman–Crippen MR) is 93.5 cm³/mol. The van der Waals surface area contributed by atoms with Crippen LogP contribution in [-0.4, -0.2) is 25.5 Å². The predicted octanol–water partition coefficient (Wildman–Crippen LogP) is 3.48. The molecule has 0 radical (unpaired) electrons. The fourth-order valence-electron chi connectivity index (χ4n) is 2.77. The molecule has 1 aliphatic rings. The van der Waals surface area contributed by atoms with E-state index >= 15 is 0 Å². The Kier molecular flexibility index (Phi) is 4.90. The minimum absolute atomic E-state index is 0.0860. The molecule has 0 aromatic heterocycles. The second-order valence-corrected chi connectivity index (χ2v) is 6.15. The van der Waals surface area contributed by atoms with Crippen molar-refractivity contribution in [2.75, 3.05) is 23.9 Å². The number of hydrogen-bond donors (Lipinski definition) is 1. The summed E-state index contributed by atoms with van der Waals surface area (Å²) in [5.41, 5.74) is 1.02. The van der Waals surface area contributed by atoms with Crippen LogP contribution in [0.25, 0.3) is 0 Å². The van der Waals surface area contributed by atoms with Gasteiger partial charge < -0.3 is 15.0 Å². The number of benzene rings is 2. The highest BCUT2D eigenvalue weighted by molar-refractivity contribution is 6.31. The number of nitrogens with one attached hydrogen (secondary N) is 1. The second-order valence-electron chi connectivity index (χ2n) is 5.72. The fourth-order valence-corrected chi connectivity index (χ4v) is 2.93. The molecule has 25 heavy (non-hydrogen) atoms. The topological polar surface area (TPSA) is 58.6 Å². The average Bonchev–Trinajstić information content (AvgIpc) is 2.98. The molecule has 0 aliphatic carbocycles. The van der Waals surface area contributed by atoms with E-state index in [0.29, 0.717) is 22.1 Å². The zero-order valence-electron chi connectivity index (χ0n) is 13.5. The molecule has 1 aliphatic heterocycles. The lowest BCUT2D eigenvalue weighted by molar-refractivity contribution is -0.122. The summed E-state index contributed by atoms with van der Waals surface area (Å²) in [6.07, 6.45) is 0.0860. The number of amides is 2. The molecule has 0 saturated carbocycles. The third kappa shape index (κ3) is 3.74. The molecule has 1 heterocycles. The average molecular weight is 363 g/mol. The number of anilines is 2. The van der Waals surface area contributed by atoms with Gasteiger partial charge in [0, 0.05) is 23.7 Å². The van der Waals surface area contributed by atoms with Gasteiger partial charge in [-0.1, -0.05) is 11.6 Å². The number of ether oxygens (including phenoxy) is 1. The molecule has 0 spiro atoms.